The molecule has 0 aliphatic carbocycles. The van der Waals surface area contributed by atoms with Crippen LogP contribution in [0.4, 0.5) is 5.69 Å². The molecule has 0 amide bonds. The Balaban J connectivity index is 2.58. The predicted octanol–water partition coefficient (Wildman–Crippen LogP) is 0.607. The summed E-state index contributed by atoms with van der Waals surface area (Å²) in [5, 5.41) is 9.05. The van der Waals surface area contributed by atoms with Gasteiger partial charge in [-0.1, -0.05) is 0 Å². The summed E-state index contributed by atoms with van der Waals surface area (Å²) in [6, 6.07) is 1.46. The first-order chi connectivity index (χ1) is 6.53. The Bertz CT molecular complexity index is 346. The van der Waals surface area contributed by atoms with E-state index in [1.165, 1.54) is 6.07 Å². The Hall–Kier alpha value is -1.36. The molecule has 0 saturated carbocycles. The van der Waals surface area contributed by atoms with Crippen LogP contribution in [0.25, 0.3) is 0 Å². The summed E-state index contributed by atoms with van der Waals surface area (Å²) in [7, 11) is 1.65. The van der Waals surface area contributed by atoms with E-state index in [1.807, 2.05) is 13.8 Å². The van der Waals surface area contributed by atoms with E-state index in [9.17, 15) is 4.79 Å². The van der Waals surface area contributed by atoms with Crippen LogP contribution in [0.2, 0.25) is 0 Å². The number of aromatic nitrogens is 2. The molecule has 0 radical (unpaired) electrons. The highest BCUT2D eigenvalue weighted by molar-refractivity contribution is 5.38. The van der Waals surface area contributed by atoms with E-state index in [-0.39, 0.29) is 11.2 Å². The normalized spacial score (nSPS) is 11.4. The van der Waals surface area contributed by atoms with E-state index >= 15 is 0 Å². The van der Waals surface area contributed by atoms with Crippen LogP contribution in [0, 0.1) is 0 Å². The number of H-pyrrole nitrogens is 1. The van der Waals surface area contributed by atoms with Gasteiger partial charge in [0.1, 0.15) is 0 Å². The van der Waals surface area contributed by atoms with Crippen molar-refractivity contribution in [2.24, 2.45) is 0 Å². The number of hydrogen-bond donors (Lipinski definition) is 2. The van der Waals surface area contributed by atoms with E-state index < -0.39 is 0 Å². The van der Waals surface area contributed by atoms with Crippen LogP contribution in [0.3, 0.4) is 0 Å². The Morgan fingerprint density at radius 1 is 1.64 bits per heavy atom. The second-order valence-electron chi connectivity index (χ2n) is 3.65. The zero-order valence-corrected chi connectivity index (χ0v) is 8.63. The molecule has 1 aromatic rings. The molecule has 5 nitrogen and oxygen atoms in total. The molecule has 5 heteroatoms. The predicted molar refractivity (Wildman–Crippen MR) is 54.4 cm³/mol. The number of methoxy groups -OCH3 is 1. The highest BCUT2D eigenvalue weighted by Gasteiger charge is 2.15. The molecule has 2 N–H and O–H groups in total. The number of nitrogens with zero attached hydrogens (tertiary/aromatic N) is 1. The average Bonchev–Trinajstić information content (AvgIpc) is 2.15. The van der Waals surface area contributed by atoms with Crippen molar-refractivity contribution in [3.8, 4) is 0 Å². The molecule has 0 saturated heterocycles. The van der Waals surface area contributed by atoms with Crippen molar-refractivity contribution in [2.75, 3.05) is 19.0 Å². The van der Waals surface area contributed by atoms with Gasteiger partial charge in [-0.25, -0.2) is 5.10 Å². The first-order valence-electron chi connectivity index (χ1n) is 4.37. The third kappa shape index (κ3) is 3.18. The van der Waals surface area contributed by atoms with Gasteiger partial charge >= 0.3 is 0 Å². The van der Waals surface area contributed by atoms with E-state index in [0.29, 0.717) is 12.2 Å². The molecule has 1 aromatic heterocycles. The van der Waals surface area contributed by atoms with Crippen molar-refractivity contribution in [1.82, 2.24) is 10.2 Å². The summed E-state index contributed by atoms with van der Waals surface area (Å²) in [5.74, 6) is 0. The van der Waals surface area contributed by atoms with Gasteiger partial charge in [-0.15, -0.1) is 0 Å². The van der Waals surface area contributed by atoms with Gasteiger partial charge in [0, 0.05) is 19.7 Å². The standard InChI is InChI=1S/C9H15N3O2/c1-9(2,14-3)6-10-7-4-8(13)12-11-5-7/h4-5H,6H2,1-3H3,(H2,10,12,13). The summed E-state index contributed by atoms with van der Waals surface area (Å²) in [6.07, 6.45) is 1.56. The van der Waals surface area contributed by atoms with Gasteiger partial charge in [0.15, 0.2) is 0 Å². The van der Waals surface area contributed by atoms with Crippen LogP contribution in [-0.4, -0.2) is 29.5 Å². The summed E-state index contributed by atoms with van der Waals surface area (Å²) >= 11 is 0. The van der Waals surface area contributed by atoms with Gasteiger partial charge in [-0.05, 0) is 13.8 Å². The van der Waals surface area contributed by atoms with Crippen molar-refractivity contribution in [2.45, 2.75) is 19.4 Å². The minimum absolute atomic E-state index is 0.217. The smallest absolute Gasteiger partial charge is 0.266 e. The Labute approximate surface area is 82.5 Å². The number of nitrogens with one attached hydrogen (secondary N) is 2. The lowest BCUT2D eigenvalue weighted by Crippen LogP contribution is -2.32. The van der Waals surface area contributed by atoms with Crippen LogP contribution in [0.15, 0.2) is 17.1 Å². The van der Waals surface area contributed by atoms with E-state index in [2.05, 4.69) is 15.5 Å². The number of ether oxygens (including phenoxy) is 1. The maximum absolute atomic E-state index is 10.9. The van der Waals surface area contributed by atoms with E-state index in [4.69, 9.17) is 4.74 Å². The van der Waals surface area contributed by atoms with Gasteiger partial charge in [-0.3, -0.25) is 4.79 Å². The summed E-state index contributed by atoms with van der Waals surface area (Å²) in [5.41, 5.74) is 0.215. The Morgan fingerprint density at radius 2 is 2.36 bits per heavy atom. The van der Waals surface area contributed by atoms with Crippen LogP contribution in [0.5, 0.6) is 0 Å². The van der Waals surface area contributed by atoms with E-state index in [1.54, 1.807) is 13.3 Å². The first-order valence-corrected chi connectivity index (χ1v) is 4.37. The molecule has 0 atom stereocenters. The van der Waals surface area contributed by atoms with Gasteiger partial charge < -0.3 is 10.1 Å². The molecule has 0 fully saturated rings. The van der Waals surface area contributed by atoms with Crippen molar-refractivity contribution >= 4 is 5.69 Å². The van der Waals surface area contributed by atoms with Crippen molar-refractivity contribution < 1.29 is 4.74 Å². The van der Waals surface area contributed by atoms with Gasteiger partial charge in [0.05, 0.1) is 17.5 Å². The average molecular weight is 197 g/mol. The van der Waals surface area contributed by atoms with Gasteiger partial charge in [-0.2, -0.15) is 5.10 Å². The fourth-order valence-electron chi connectivity index (χ4n) is 0.860. The zero-order chi connectivity index (χ0) is 10.6. The molecule has 1 rings (SSSR count). The fraction of sp³-hybridized carbons (Fsp3) is 0.556. The molecule has 78 valence electrons. The quantitative estimate of drug-likeness (QED) is 0.742. The lowest BCUT2D eigenvalue weighted by Gasteiger charge is -2.23. The summed E-state index contributed by atoms with van der Waals surface area (Å²) in [4.78, 5) is 10.9. The monoisotopic (exact) mass is 197 g/mol. The Morgan fingerprint density at radius 3 is 2.93 bits per heavy atom. The Kier molecular flexibility index (Phi) is 3.24. The van der Waals surface area contributed by atoms with Crippen LogP contribution >= 0.6 is 0 Å². The maximum Gasteiger partial charge on any atom is 0.266 e. The number of anilines is 1. The molecule has 0 aliphatic heterocycles. The van der Waals surface area contributed by atoms with Gasteiger partial charge in [0.25, 0.3) is 5.56 Å². The fourth-order valence-corrected chi connectivity index (χ4v) is 0.860. The minimum atomic E-state index is -0.261. The molecule has 0 spiro atoms. The van der Waals surface area contributed by atoms with Crippen molar-refractivity contribution in [3.63, 3.8) is 0 Å². The third-order valence-corrected chi connectivity index (χ3v) is 1.94. The zero-order valence-electron chi connectivity index (χ0n) is 8.63. The van der Waals surface area contributed by atoms with Crippen molar-refractivity contribution in [1.29, 1.82) is 0 Å². The largest absolute Gasteiger partial charge is 0.381 e. The SMILES string of the molecule is COC(C)(C)CNc1cn[nH]c(=O)c1. The van der Waals surface area contributed by atoms with Crippen molar-refractivity contribution in [3.05, 3.63) is 22.6 Å². The molecule has 0 aliphatic rings. The van der Waals surface area contributed by atoms with Crippen LogP contribution in [0.1, 0.15) is 13.8 Å². The molecule has 1 heterocycles. The molecule has 0 bridgehead atoms. The molecule has 14 heavy (non-hydrogen) atoms. The minimum Gasteiger partial charge on any atom is -0.381 e. The lowest BCUT2D eigenvalue weighted by atomic mass is 10.1. The second kappa shape index (κ2) is 4.23. The topological polar surface area (TPSA) is 67.0 Å². The lowest BCUT2D eigenvalue weighted by molar-refractivity contribution is 0.0344. The third-order valence-electron chi connectivity index (χ3n) is 1.94. The van der Waals surface area contributed by atoms with E-state index in [0.717, 1.165) is 0 Å². The summed E-state index contributed by atoms with van der Waals surface area (Å²) < 4.78 is 5.22. The number of aromatic amines is 1. The summed E-state index contributed by atoms with van der Waals surface area (Å²) in [6.45, 7) is 4.54. The molecule has 0 unspecified atom stereocenters. The first kappa shape index (κ1) is 10.7. The molecular formula is C9H15N3O2. The van der Waals surface area contributed by atoms with Crippen LogP contribution in [-0.2, 0) is 4.74 Å². The number of rotatable bonds is 4. The molecular weight excluding hydrogens is 182 g/mol. The highest BCUT2D eigenvalue weighted by atomic mass is 16.5. The van der Waals surface area contributed by atoms with Gasteiger partial charge in [0.2, 0.25) is 0 Å². The van der Waals surface area contributed by atoms with Crippen LogP contribution < -0.4 is 10.9 Å². The maximum atomic E-state index is 10.9. The second-order valence-corrected chi connectivity index (χ2v) is 3.65. The number of hydrogen-bond acceptors (Lipinski definition) is 4. The molecule has 0 aromatic carbocycles. The highest BCUT2D eigenvalue weighted by Crippen LogP contribution is 2.08.